The molecule has 0 unspecified atom stereocenters. The average molecular weight is 364 g/mol. The fraction of sp³-hybridized carbons (Fsp3) is 0.579. The largest absolute Gasteiger partial charge is 0.496 e. The minimum atomic E-state index is -0.490. The topological polar surface area (TPSA) is 77.1 Å². The molecule has 0 bridgehead atoms. The van der Waals surface area contributed by atoms with Gasteiger partial charge in [-0.25, -0.2) is 4.79 Å². The molecule has 0 atom stereocenters. The molecule has 1 aliphatic rings. The van der Waals surface area contributed by atoms with Crippen LogP contribution in [0.4, 0.5) is 5.69 Å². The Morgan fingerprint density at radius 2 is 2.04 bits per heavy atom. The Labute approximate surface area is 154 Å². The number of hydrogen-bond donors (Lipinski definition) is 1. The number of carbonyl (C=O) groups is 2. The summed E-state index contributed by atoms with van der Waals surface area (Å²) in [5.41, 5.74) is 2.28. The smallest absolute Gasteiger partial charge is 0.340 e. The molecule has 1 N–H and O–H groups in total. The van der Waals surface area contributed by atoms with Gasteiger partial charge in [0, 0.05) is 31.8 Å². The molecule has 0 spiro atoms. The van der Waals surface area contributed by atoms with Crippen LogP contribution in [0.1, 0.15) is 41.3 Å². The van der Waals surface area contributed by atoms with Crippen LogP contribution in [-0.2, 0) is 20.8 Å². The Hall–Kier alpha value is -2.12. The summed E-state index contributed by atoms with van der Waals surface area (Å²) in [6, 6.07) is 1.83. The van der Waals surface area contributed by atoms with E-state index in [4.69, 9.17) is 14.2 Å². The Balaban J connectivity index is 2.35. The first-order valence-electron chi connectivity index (χ1n) is 8.88. The summed E-state index contributed by atoms with van der Waals surface area (Å²) < 4.78 is 16.2. The maximum absolute atomic E-state index is 12.5. The van der Waals surface area contributed by atoms with Crippen LogP contribution in [-0.4, -0.2) is 57.3 Å². The maximum Gasteiger partial charge on any atom is 0.340 e. The molecule has 1 heterocycles. The van der Waals surface area contributed by atoms with Gasteiger partial charge in [0.05, 0.1) is 31.6 Å². The number of nitrogens with zero attached hydrogens (tertiary/aromatic N) is 1. The van der Waals surface area contributed by atoms with Crippen molar-refractivity contribution in [3.63, 3.8) is 0 Å². The molecule has 0 aliphatic carbocycles. The first-order valence-corrected chi connectivity index (χ1v) is 8.88. The van der Waals surface area contributed by atoms with Gasteiger partial charge in [0.25, 0.3) is 0 Å². The lowest BCUT2D eigenvalue weighted by Crippen LogP contribution is -2.37. The van der Waals surface area contributed by atoms with Crippen LogP contribution in [0.5, 0.6) is 5.75 Å². The lowest BCUT2D eigenvalue weighted by atomic mass is 9.98. The molecule has 0 radical (unpaired) electrons. The molecular weight excluding hydrogens is 336 g/mol. The molecule has 26 heavy (non-hydrogen) atoms. The van der Waals surface area contributed by atoms with E-state index in [9.17, 15) is 9.59 Å². The van der Waals surface area contributed by atoms with Gasteiger partial charge in [-0.05, 0) is 38.3 Å². The summed E-state index contributed by atoms with van der Waals surface area (Å²) in [4.78, 5) is 25.7. The van der Waals surface area contributed by atoms with Crippen molar-refractivity contribution >= 4 is 18.1 Å². The van der Waals surface area contributed by atoms with E-state index < -0.39 is 5.97 Å². The molecule has 1 aromatic rings. The number of anilines is 1. The van der Waals surface area contributed by atoms with Crippen LogP contribution >= 0.6 is 0 Å². The van der Waals surface area contributed by atoms with Crippen molar-refractivity contribution in [3.05, 3.63) is 22.8 Å². The van der Waals surface area contributed by atoms with Gasteiger partial charge in [-0.3, -0.25) is 9.69 Å². The number of piperidine rings is 1. The monoisotopic (exact) mass is 364 g/mol. The van der Waals surface area contributed by atoms with E-state index in [1.165, 1.54) is 7.11 Å². The Morgan fingerprint density at radius 3 is 2.58 bits per heavy atom. The molecule has 0 aromatic heterocycles. The highest BCUT2D eigenvalue weighted by molar-refractivity contribution is 6.01. The van der Waals surface area contributed by atoms with Gasteiger partial charge in [-0.15, -0.1) is 0 Å². The zero-order valence-electron chi connectivity index (χ0n) is 16.0. The number of carbonyl (C=O) groups excluding carboxylic acids is 2. The first kappa shape index (κ1) is 20.2. The van der Waals surface area contributed by atoms with Crippen molar-refractivity contribution in [2.24, 2.45) is 0 Å². The van der Waals surface area contributed by atoms with Gasteiger partial charge in [0.2, 0.25) is 6.41 Å². The predicted molar refractivity (Wildman–Crippen MR) is 98.7 cm³/mol. The van der Waals surface area contributed by atoms with E-state index in [0.29, 0.717) is 36.1 Å². The van der Waals surface area contributed by atoms with Crippen molar-refractivity contribution in [2.45, 2.75) is 39.3 Å². The van der Waals surface area contributed by atoms with Gasteiger partial charge in [0.1, 0.15) is 5.75 Å². The summed E-state index contributed by atoms with van der Waals surface area (Å²) in [5.74, 6) is 0.127. The second-order valence-corrected chi connectivity index (χ2v) is 6.31. The molecule has 1 aromatic carbocycles. The van der Waals surface area contributed by atoms with Crippen molar-refractivity contribution < 1.29 is 23.8 Å². The van der Waals surface area contributed by atoms with Crippen molar-refractivity contribution in [3.8, 4) is 5.75 Å². The minimum Gasteiger partial charge on any atom is -0.496 e. The maximum atomic E-state index is 12.5. The second kappa shape index (κ2) is 9.54. The highest BCUT2D eigenvalue weighted by atomic mass is 16.5. The normalized spacial score (nSPS) is 15.5. The van der Waals surface area contributed by atoms with Crippen LogP contribution in [0.25, 0.3) is 0 Å². The van der Waals surface area contributed by atoms with E-state index in [2.05, 4.69) is 10.2 Å². The molecule has 7 nitrogen and oxygen atoms in total. The fourth-order valence-corrected chi connectivity index (χ4v) is 3.43. The number of esters is 1. The lowest BCUT2D eigenvalue weighted by Gasteiger charge is -2.32. The fourth-order valence-electron chi connectivity index (χ4n) is 3.43. The summed E-state index contributed by atoms with van der Waals surface area (Å²) in [6.07, 6.45) is 2.77. The number of methoxy groups -OCH3 is 2. The molecular formula is C19H28N2O5. The van der Waals surface area contributed by atoms with Gasteiger partial charge in [-0.1, -0.05) is 0 Å². The predicted octanol–water partition coefficient (Wildman–Crippen LogP) is 2.36. The van der Waals surface area contributed by atoms with E-state index >= 15 is 0 Å². The number of rotatable bonds is 8. The molecule has 1 fully saturated rings. The van der Waals surface area contributed by atoms with Crippen molar-refractivity contribution in [1.29, 1.82) is 0 Å². The van der Waals surface area contributed by atoms with Gasteiger partial charge in [-0.2, -0.15) is 0 Å². The first-order chi connectivity index (χ1) is 12.5. The third-order valence-electron chi connectivity index (χ3n) is 4.72. The van der Waals surface area contributed by atoms with Crippen LogP contribution in [0.15, 0.2) is 6.07 Å². The third-order valence-corrected chi connectivity index (χ3v) is 4.72. The van der Waals surface area contributed by atoms with Gasteiger partial charge >= 0.3 is 5.97 Å². The summed E-state index contributed by atoms with van der Waals surface area (Å²) in [7, 11) is 2.91. The number of amides is 1. The molecule has 1 aliphatic heterocycles. The second-order valence-electron chi connectivity index (χ2n) is 6.31. The highest BCUT2D eigenvalue weighted by Gasteiger charge is 2.27. The number of hydrogen-bond acceptors (Lipinski definition) is 6. The Kier molecular flexibility index (Phi) is 7.41. The Bertz CT molecular complexity index is 639. The van der Waals surface area contributed by atoms with Crippen LogP contribution < -0.4 is 10.1 Å². The van der Waals surface area contributed by atoms with Crippen molar-refractivity contribution in [2.75, 3.05) is 39.2 Å². The zero-order valence-corrected chi connectivity index (χ0v) is 16.0. The van der Waals surface area contributed by atoms with E-state index in [1.807, 2.05) is 19.9 Å². The van der Waals surface area contributed by atoms with Gasteiger partial charge in [0.15, 0.2) is 0 Å². The van der Waals surface area contributed by atoms with Crippen molar-refractivity contribution in [1.82, 2.24) is 4.90 Å². The standard InChI is InChI=1S/C19H28N2O5/c1-5-26-14-6-8-21(9-7-14)11-15-16(24-3)10-13(2)18(20-12-22)17(15)19(23)25-4/h10,12,14H,5-9,11H2,1-4H3,(H,20,22). The number of nitrogens with one attached hydrogen (secondary N) is 1. The molecule has 1 saturated heterocycles. The SMILES string of the molecule is CCOC1CCN(Cc2c(OC)cc(C)c(NC=O)c2C(=O)OC)CC1. The summed E-state index contributed by atoms with van der Waals surface area (Å²) in [6.45, 7) is 6.84. The molecule has 144 valence electrons. The van der Waals surface area contributed by atoms with Gasteiger partial charge < -0.3 is 19.5 Å². The Morgan fingerprint density at radius 1 is 1.35 bits per heavy atom. The number of likely N-dealkylation sites (tertiary alicyclic amines) is 1. The third kappa shape index (κ3) is 4.53. The average Bonchev–Trinajstić information content (AvgIpc) is 2.65. The van der Waals surface area contributed by atoms with E-state index in [-0.39, 0.29) is 0 Å². The van der Waals surface area contributed by atoms with E-state index in [1.54, 1.807) is 7.11 Å². The highest BCUT2D eigenvalue weighted by Crippen LogP contribution is 2.34. The minimum absolute atomic E-state index is 0.295. The molecule has 2 rings (SSSR count). The molecule has 0 saturated carbocycles. The number of ether oxygens (including phenoxy) is 3. The summed E-state index contributed by atoms with van der Waals surface area (Å²) in [5, 5.41) is 2.64. The van der Waals surface area contributed by atoms with E-state index in [0.717, 1.165) is 43.7 Å². The van der Waals surface area contributed by atoms with Crippen LogP contribution in [0, 0.1) is 6.92 Å². The molecule has 7 heteroatoms. The van der Waals surface area contributed by atoms with Crippen LogP contribution in [0.2, 0.25) is 0 Å². The quantitative estimate of drug-likeness (QED) is 0.564. The molecule has 1 amide bonds. The van der Waals surface area contributed by atoms with Crippen LogP contribution in [0.3, 0.4) is 0 Å². The number of aryl methyl sites for hydroxylation is 1. The summed E-state index contributed by atoms with van der Waals surface area (Å²) >= 11 is 0. The zero-order chi connectivity index (χ0) is 19.1. The number of benzene rings is 1. The lowest BCUT2D eigenvalue weighted by molar-refractivity contribution is -0.105.